The minimum Gasteiger partial charge on any atom is -0.313 e. The molecule has 2 aromatic carbocycles. The maximum atomic E-state index is 13.8. The molecule has 0 aliphatic carbocycles. The summed E-state index contributed by atoms with van der Waals surface area (Å²) in [6, 6.07) is 7.63. The predicted molar refractivity (Wildman–Crippen MR) is 73.3 cm³/mol. The van der Waals surface area contributed by atoms with E-state index in [2.05, 4.69) is 5.32 Å². The van der Waals surface area contributed by atoms with E-state index >= 15 is 0 Å². The minimum atomic E-state index is -0.913. The van der Waals surface area contributed by atoms with Crippen LogP contribution in [0.4, 0.5) is 13.2 Å². The second kappa shape index (κ2) is 6.29. The Morgan fingerprint density at radius 1 is 1.10 bits per heavy atom. The molecule has 106 valence electrons. The van der Waals surface area contributed by atoms with E-state index in [9.17, 15) is 13.2 Å². The van der Waals surface area contributed by atoms with Gasteiger partial charge in [-0.2, -0.15) is 0 Å². The molecule has 0 aliphatic heterocycles. The fourth-order valence-electron chi connectivity index (χ4n) is 2.08. The fraction of sp³-hybridized carbons (Fsp3) is 0.200. The summed E-state index contributed by atoms with van der Waals surface area (Å²) >= 11 is 5.85. The van der Waals surface area contributed by atoms with Gasteiger partial charge in [-0.25, -0.2) is 13.2 Å². The van der Waals surface area contributed by atoms with Gasteiger partial charge < -0.3 is 5.32 Å². The average Bonchev–Trinajstić information content (AvgIpc) is 2.43. The number of rotatable bonds is 4. The SMILES string of the molecule is CNC(Cc1cccc(F)c1F)c1cc(Cl)ccc1F. The van der Waals surface area contributed by atoms with Gasteiger partial charge in [0.2, 0.25) is 0 Å². The highest BCUT2D eigenvalue weighted by Gasteiger charge is 2.18. The lowest BCUT2D eigenvalue weighted by Crippen LogP contribution is -2.20. The highest BCUT2D eigenvalue weighted by Crippen LogP contribution is 2.25. The summed E-state index contributed by atoms with van der Waals surface area (Å²) < 4.78 is 40.7. The van der Waals surface area contributed by atoms with Gasteiger partial charge in [0.05, 0.1) is 0 Å². The van der Waals surface area contributed by atoms with Crippen molar-refractivity contribution in [1.29, 1.82) is 0 Å². The van der Waals surface area contributed by atoms with Crippen LogP contribution in [0.15, 0.2) is 36.4 Å². The van der Waals surface area contributed by atoms with Gasteiger partial charge in [-0.3, -0.25) is 0 Å². The van der Waals surface area contributed by atoms with Crippen LogP contribution in [-0.2, 0) is 6.42 Å². The molecule has 0 saturated heterocycles. The third-order valence-corrected chi connectivity index (χ3v) is 3.37. The molecule has 0 amide bonds. The Morgan fingerprint density at radius 3 is 2.55 bits per heavy atom. The van der Waals surface area contributed by atoms with Gasteiger partial charge in [0.25, 0.3) is 0 Å². The molecule has 1 nitrogen and oxygen atoms in total. The number of likely N-dealkylation sites (N-methyl/N-ethyl adjacent to an activating group) is 1. The van der Waals surface area contributed by atoms with Crippen molar-refractivity contribution in [3.63, 3.8) is 0 Å². The standard InChI is InChI=1S/C15H13ClF3N/c1-20-14(11-8-10(16)5-6-12(11)17)7-9-3-2-4-13(18)15(9)19/h2-6,8,14,20H,7H2,1H3. The number of hydrogen-bond donors (Lipinski definition) is 1. The molecular weight excluding hydrogens is 287 g/mol. The van der Waals surface area contributed by atoms with E-state index in [4.69, 9.17) is 11.6 Å². The van der Waals surface area contributed by atoms with Crippen molar-refractivity contribution in [2.24, 2.45) is 0 Å². The highest BCUT2D eigenvalue weighted by atomic mass is 35.5. The van der Waals surface area contributed by atoms with E-state index in [0.29, 0.717) is 10.6 Å². The lowest BCUT2D eigenvalue weighted by Gasteiger charge is -2.18. The maximum absolute atomic E-state index is 13.8. The van der Waals surface area contributed by atoms with Crippen LogP contribution in [0.2, 0.25) is 5.02 Å². The highest BCUT2D eigenvalue weighted by molar-refractivity contribution is 6.30. The second-order valence-corrected chi connectivity index (χ2v) is 4.86. The lowest BCUT2D eigenvalue weighted by molar-refractivity contribution is 0.481. The molecule has 1 atom stereocenters. The Bertz CT molecular complexity index is 616. The molecule has 20 heavy (non-hydrogen) atoms. The Hall–Kier alpha value is -1.52. The zero-order valence-electron chi connectivity index (χ0n) is 10.8. The molecule has 1 N–H and O–H groups in total. The van der Waals surface area contributed by atoms with Crippen LogP contribution < -0.4 is 5.32 Å². The van der Waals surface area contributed by atoms with Crippen LogP contribution in [0.1, 0.15) is 17.2 Å². The minimum absolute atomic E-state index is 0.122. The summed E-state index contributed by atoms with van der Waals surface area (Å²) in [6.07, 6.45) is 0.122. The molecule has 0 bridgehead atoms. The summed E-state index contributed by atoms with van der Waals surface area (Å²) in [7, 11) is 1.63. The molecule has 0 heterocycles. The lowest BCUT2D eigenvalue weighted by atomic mass is 9.98. The molecule has 0 saturated carbocycles. The number of hydrogen-bond acceptors (Lipinski definition) is 1. The van der Waals surface area contributed by atoms with Crippen LogP contribution in [-0.4, -0.2) is 7.05 Å². The molecule has 0 spiro atoms. The monoisotopic (exact) mass is 299 g/mol. The average molecular weight is 300 g/mol. The number of halogens is 4. The van der Waals surface area contributed by atoms with Gasteiger partial charge >= 0.3 is 0 Å². The van der Waals surface area contributed by atoms with Gasteiger partial charge in [-0.1, -0.05) is 23.7 Å². The van der Waals surface area contributed by atoms with Crippen LogP contribution in [0, 0.1) is 17.5 Å². The summed E-state index contributed by atoms with van der Waals surface area (Å²) in [6.45, 7) is 0. The van der Waals surface area contributed by atoms with Crippen LogP contribution in [0.3, 0.4) is 0 Å². The van der Waals surface area contributed by atoms with Gasteiger partial charge in [-0.15, -0.1) is 0 Å². The number of benzene rings is 2. The topological polar surface area (TPSA) is 12.0 Å². The second-order valence-electron chi connectivity index (χ2n) is 4.42. The van der Waals surface area contributed by atoms with Crippen molar-refractivity contribution in [3.8, 4) is 0 Å². The van der Waals surface area contributed by atoms with Crippen molar-refractivity contribution in [2.75, 3.05) is 7.05 Å². The summed E-state index contributed by atoms with van der Waals surface area (Å²) in [5.74, 6) is -2.26. The zero-order chi connectivity index (χ0) is 14.7. The van der Waals surface area contributed by atoms with Crippen molar-refractivity contribution in [3.05, 3.63) is 70.0 Å². The van der Waals surface area contributed by atoms with Gasteiger partial charge in [0.1, 0.15) is 5.82 Å². The van der Waals surface area contributed by atoms with E-state index in [1.54, 1.807) is 7.05 Å². The predicted octanol–water partition coefficient (Wildman–Crippen LogP) is 4.26. The fourth-order valence-corrected chi connectivity index (χ4v) is 2.26. The molecule has 1 unspecified atom stereocenters. The molecule has 2 rings (SSSR count). The van der Waals surface area contributed by atoms with Gasteiger partial charge in [-0.05, 0) is 43.3 Å². The van der Waals surface area contributed by atoms with Crippen molar-refractivity contribution < 1.29 is 13.2 Å². The third kappa shape index (κ3) is 3.14. The first-order chi connectivity index (χ1) is 9.52. The summed E-state index contributed by atoms with van der Waals surface area (Å²) in [5.41, 5.74) is 0.507. The molecule has 5 heteroatoms. The van der Waals surface area contributed by atoms with Crippen LogP contribution >= 0.6 is 11.6 Å². The van der Waals surface area contributed by atoms with Gasteiger partial charge in [0, 0.05) is 16.6 Å². The first-order valence-electron chi connectivity index (χ1n) is 6.08. The van der Waals surface area contributed by atoms with Crippen molar-refractivity contribution in [2.45, 2.75) is 12.5 Å². The zero-order valence-corrected chi connectivity index (χ0v) is 11.5. The quantitative estimate of drug-likeness (QED) is 0.889. The molecule has 0 fully saturated rings. The van der Waals surface area contributed by atoms with E-state index in [1.165, 1.54) is 30.3 Å². The molecular formula is C15H13ClF3N. The smallest absolute Gasteiger partial charge is 0.162 e. The Labute approximate surface area is 120 Å². The summed E-state index contributed by atoms with van der Waals surface area (Å²) in [4.78, 5) is 0. The van der Waals surface area contributed by atoms with Crippen LogP contribution in [0.5, 0.6) is 0 Å². The van der Waals surface area contributed by atoms with Crippen molar-refractivity contribution >= 4 is 11.6 Å². The third-order valence-electron chi connectivity index (χ3n) is 3.14. The molecule has 2 aromatic rings. The number of nitrogens with one attached hydrogen (secondary N) is 1. The van der Waals surface area contributed by atoms with E-state index in [1.807, 2.05) is 0 Å². The summed E-state index contributed by atoms with van der Waals surface area (Å²) in [5, 5.41) is 3.28. The van der Waals surface area contributed by atoms with Gasteiger partial charge in [0.15, 0.2) is 11.6 Å². The molecule has 0 aromatic heterocycles. The molecule has 0 aliphatic rings. The normalized spacial score (nSPS) is 12.4. The van der Waals surface area contributed by atoms with E-state index < -0.39 is 23.5 Å². The largest absolute Gasteiger partial charge is 0.313 e. The maximum Gasteiger partial charge on any atom is 0.162 e. The first-order valence-corrected chi connectivity index (χ1v) is 6.46. The first kappa shape index (κ1) is 14.9. The van der Waals surface area contributed by atoms with Crippen LogP contribution in [0.25, 0.3) is 0 Å². The van der Waals surface area contributed by atoms with E-state index in [0.717, 1.165) is 6.07 Å². The Balaban J connectivity index is 2.34. The Kier molecular flexibility index (Phi) is 4.68. The van der Waals surface area contributed by atoms with Crippen molar-refractivity contribution in [1.82, 2.24) is 5.32 Å². The Morgan fingerprint density at radius 2 is 1.85 bits per heavy atom. The van der Waals surface area contributed by atoms with E-state index in [-0.39, 0.29) is 12.0 Å². The molecule has 0 radical (unpaired) electrons.